The molecule has 3 rings (SSSR count). The molecule has 2 heterocycles. The van der Waals surface area contributed by atoms with Crippen LogP contribution in [0.4, 0.5) is 0 Å². The summed E-state index contributed by atoms with van der Waals surface area (Å²) < 4.78 is 27.7. The van der Waals surface area contributed by atoms with Crippen LogP contribution in [0, 0.1) is 0 Å². The average Bonchev–Trinajstić information content (AvgIpc) is 2.68. The van der Waals surface area contributed by atoms with E-state index in [1.807, 2.05) is 6.07 Å². The number of nitrogens with zero attached hydrogens (tertiary/aromatic N) is 1. The SMILES string of the molecule is O=S(=O)(c1ccccc1Br)N1CCC2CCC(C1)N2. The fourth-order valence-electron chi connectivity index (χ4n) is 2.92. The first-order valence-electron chi connectivity index (χ1n) is 6.58. The second-order valence-corrected chi connectivity index (χ2v) is 7.98. The molecule has 19 heavy (non-hydrogen) atoms. The van der Waals surface area contributed by atoms with E-state index in [2.05, 4.69) is 21.2 Å². The molecule has 0 radical (unpaired) electrons. The second kappa shape index (κ2) is 5.16. The Labute approximate surface area is 122 Å². The van der Waals surface area contributed by atoms with E-state index in [4.69, 9.17) is 0 Å². The molecule has 0 spiro atoms. The Morgan fingerprint density at radius 1 is 1.16 bits per heavy atom. The van der Waals surface area contributed by atoms with Gasteiger partial charge < -0.3 is 5.32 Å². The molecule has 2 aliphatic rings. The van der Waals surface area contributed by atoms with Crippen molar-refractivity contribution in [3.8, 4) is 0 Å². The van der Waals surface area contributed by atoms with Crippen molar-refractivity contribution < 1.29 is 8.42 Å². The number of rotatable bonds is 2. The molecule has 0 aliphatic carbocycles. The molecule has 2 fully saturated rings. The Hall–Kier alpha value is -0.430. The lowest BCUT2D eigenvalue weighted by atomic mass is 10.1. The van der Waals surface area contributed by atoms with Gasteiger partial charge in [-0.15, -0.1) is 0 Å². The highest BCUT2D eigenvalue weighted by molar-refractivity contribution is 9.10. The third-order valence-electron chi connectivity index (χ3n) is 3.94. The van der Waals surface area contributed by atoms with Gasteiger partial charge in [0.25, 0.3) is 0 Å². The van der Waals surface area contributed by atoms with Gasteiger partial charge in [-0.1, -0.05) is 12.1 Å². The number of sulfonamides is 1. The highest BCUT2D eigenvalue weighted by Crippen LogP contribution is 2.28. The first-order chi connectivity index (χ1) is 9.07. The Morgan fingerprint density at radius 2 is 1.89 bits per heavy atom. The number of hydrogen-bond donors (Lipinski definition) is 1. The maximum atomic E-state index is 12.7. The zero-order valence-corrected chi connectivity index (χ0v) is 13.0. The molecule has 2 atom stereocenters. The Bertz CT molecular complexity index is 576. The molecule has 2 aliphatic heterocycles. The lowest BCUT2D eigenvalue weighted by Gasteiger charge is -2.24. The topological polar surface area (TPSA) is 49.4 Å². The van der Waals surface area contributed by atoms with Crippen LogP contribution in [0.1, 0.15) is 19.3 Å². The molecule has 6 heteroatoms. The first-order valence-corrected chi connectivity index (χ1v) is 8.81. The summed E-state index contributed by atoms with van der Waals surface area (Å²) in [7, 11) is -3.39. The van der Waals surface area contributed by atoms with Crippen molar-refractivity contribution in [2.75, 3.05) is 13.1 Å². The lowest BCUT2D eigenvalue weighted by molar-refractivity contribution is 0.383. The molecule has 1 aromatic carbocycles. The molecule has 2 bridgehead atoms. The fraction of sp³-hybridized carbons (Fsp3) is 0.538. The molecular weight excluding hydrogens is 328 g/mol. The fourth-order valence-corrected chi connectivity index (χ4v) is 5.39. The van der Waals surface area contributed by atoms with Crippen LogP contribution >= 0.6 is 15.9 Å². The van der Waals surface area contributed by atoms with Gasteiger partial charge in [0.2, 0.25) is 10.0 Å². The van der Waals surface area contributed by atoms with E-state index >= 15 is 0 Å². The Balaban J connectivity index is 1.90. The minimum Gasteiger partial charge on any atom is -0.310 e. The zero-order chi connectivity index (χ0) is 13.5. The summed E-state index contributed by atoms with van der Waals surface area (Å²) in [6.07, 6.45) is 3.15. The number of fused-ring (bicyclic) bond motifs is 2. The maximum Gasteiger partial charge on any atom is 0.244 e. The van der Waals surface area contributed by atoms with Gasteiger partial charge in [0, 0.05) is 29.6 Å². The van der Waals surface area contributed by atoms with Gasteiger partial charge in [0.15, 0.2) is 0 Å². The van der Waals surface area contributed by atoms with Crippen LogP contribution < -0.4 is 5.32 Å². The maximum absolute atomic E-state index is 12.7. The molecule has 2 saturated heterocycles. The van der Waals surface area contributed by atoms with Crippen molar-refractivity contribution in [3.63, 3.8) is 0 Å². The monoisotopic (exact) mass is 344 g/mol. The summed E-state index contributed by atoms with van der Waals surface area (Å²) in [6.45, 7) is 1.19. The van der Waals surface area contributed by atoms with Gasteiger partial charge in [-0.3, -0.25) is 0 Å². The molecule has 104 valence electrons. The van der Waals surface area contributed by atoms with Gasteiger partial charge in [-0.05, 0) is 47.3 Å². The van der Waals surface area contributed by atoms with Crippen LogP contribution in [-0.4, -0.2) is 37.9 Å². The lowest BCUT2D eigenvalue weighted by Crippen LogP contribution is -2.39. The van der Waals surface area contributed by atoms with Gasteiger partial charge in [0.1, 0.15) is 0 Å². The van der Waals surface area contributed by atoms with Crippen molar-refractivity contribution in [2.24, 2.45) is 0 Å². The third kappa shape index (κ3) is 2.59. The molecule has 2 unspecified atom stereocenters. The molecule has 0 saturated carbocycles. The number of halogens is 1. The Morgan fingerprint density at radius 3 is 2.68 bits per heavy atom. The van der Waals surface area contributed by atoms with Crippen LogP contribution in [0.2, 0.25) is 0 Å². The van der Waals surface area contributed by atoms with E-state index in [-0.39, 0.29) is 0 Å². The van der Waals surface area contributed by atoms with Crippen molar-refractivity contribution in [1.82, 2.24) is 9.62 Å². The van der Waals surface area contributed by atoms with Crippen LogP contribution in [0.5, 0.6) is 0 Å². The molecular formula is C13H17BrN2O2S. The zero-order valence-electron chi connectivity index (χ0n) is 10.5. The number of nitrogens with one attached hydrogen (secondary N) is 1. The molecule has 0 aromatic heterocycles. The second-order valence-electron chi connectivity index (χ2n) is 5.22. The molecule has 0 amide bonds. The minimum atomic E-state index is -3.39. The van der Waals surface area contributed by atoms with E-state index in [1.165, 1.54) is 6.42 Å². The van der Waals surface area contributed by atoms with Crippen LogP contribution in [0.15, 0.2) is 33.6 Å². The summed E-state index contributed by atoms with van der Waals surface area (Å²) >= 11 is 3.34. The van der Waals surface area contributed by atoms with E-state index in [0.29, 0.717) is 34.5 Å². The largest absolute Gasteiger partial charge is 0.310 e. The van der Waals surface area contributed by atoms with Gasteiger partial charge in [0.05, 0.1) is 4.90 Å². The highest BCUT2D eigenvalue weighted by Gasteiger charge is 2.35. The van der Waals surface area contributed by atoms with Crippen LogP contribution in [0.25, 0.3) is 0 Å². The molecule has 1 N–H and O–H groups in total. The van der Waals surface area contributed by atoms with Crippen molar-refractivity contribution in [2.45, 2.75) is 36.2 Å². The van der Waals surface area contributed by atoms with E-state index < -0.39 is 10.0 Å². The smallest absolute Gasteiger partial charge is 0.244 e. The van der Waals surface area contributed by atoms with Crippen molar-refractivity contribution in [3.05, 3.63) is 28.7 Å². The number of benzene rings is 1. The summed E-state index contributed by atoms with van der Waals surface area (Å²) in [4.78, 5) is 0.368. The minimum absolute atomic E-state index is 0.310. The standard InChI is InChI=1S/C13H17BrN2O2S/c14-12-3-1-2-4-13(12)19(17,18)16-8-7-10-5-6-11(9-16)15-10/h1-4,10-11,15H,5-9H2. The quantitative estimate of drug-likeness (QED) is 0.892. The summed E-state index contributed by atoms with van der Waals surface area (Å²) in [5, 5.41) is 3.50. The van der Waals surface area contributed by atoms with Crippen LogP contribution in [-0.2, 0) is 10.0 Å². The predicted octanol–water partition coefficient (Wildman–Crippen LogP) is 1.96. The van der Waals surface area contributed by atoms with Gasteiger partial charge in [-0.25, -0.2) is 8.42 Å². The summed E-state index contributed by atoms with van der Waals surface area (Å²) in [5.74, 6) is 0. The van der Waals surface area contributed by atoms with E-state index in [9.17, 15) is 8.42 Å². The van der Waals surface area contributed by atoms with E-state index in [0.717, 1.165) is 12.8 Å². The van der Waals surface area contributed by atoms with Crippen molar-refractivity contribution >= 4 is 26.0 Å². The average molecular weight is 345 g/mol. The van der Waals surface area contributed by atoms with Gasteiger partial charge >= 0.3 is 0 Å². The number of hydrogen-bond acceptors (Lipinski definition) is 3. The van der Waals surface area contributed by atoms with Crippen molar-refractivity contribution in [1.29, 1.82) is 0 Å². The summed E-state index contributed by atoms with van der Waals surface area (Å²) in [6, 6.07) is 7.83. The van der Waals surface area contributed by atoms with Gasteiger partial charge in [-0.2, -0.15) is 4.31 Å². The van der Waals surface area contributed by atoms with E-state index in [1.54, 1.807) is 22.5 Å². The molecule has 4 nitrogen and oxygen atoms in total. The normalized spacial score (nSPS) is 28.3. The summed E-state index contributed by atoms with van der Waals surface area (Å²) in [5.41, 5.74) is 0. The predicted molar refractivity (Wildman–Crippen MR) is 77.5 cm³/mol. The molecule has 1 aromatic rings. The highest BCUT2D eigenvalue weighted by atomic mass is 79.9. The van der Waals surface area contributed by atoms with Crippen LogP contribution in [0.3, 0.4) is 0 Å². The third-order valence-corrected chi connectivity index (χ3v) is 6.82. The first kappa shape index (κ1) is 13.5. The Kier molecular flexibility index (Phi) is 3.68.